The van der Waals surface area contributed by atoms with Crippen molar-refractivity contribution in [3.05, 3.63) is 47.8 Å². The normalized spacial score (nSPS) is 12.7. The lowest BCUT2D eigenvalue weighted by Crippen LogP contribution is -2.41. The number of ether oxygens (including phenoxy) is 2. The van der Waals surface area contributed by atoms with Crippen molar-refractivity contribution < 1.29 is 31.3 Å². The van der Waals surface area contributed by atoms with Gasteiger partial charge in [-0.3, -0.25) is 0 Å². The summed E-state index contributed by atoms with van der Waals surface area (Å²) in [6, 6.07) is 10.3. The summed E-state index contributed by atoms with van der Waals surface area (Å²) in [6.07, 6.45) is 4.10. The minimum absolute atomic E-state index is 0.722. The molecule has 3 heterocycles. The van der Waals surface area contributed by atoms with Gasteiger partial charge in [0.1, 0.15) is 11.4 Å². The Balaban J connectivity index is 0.000000461. The van der Waals surface area contributed by atoms with E-state index in [0.717, 1.165) is 54.5 Å². The summed E-state index contributed by atoms with van der Waals surface area (Å²) in [4.78, 5) is 4.81. The molecule has 1 aromatic carbocycles. The molecule has 5 nitrogen and oxygen atoms in total. The smallest absolute Gasteiger partial charge is 0.493 e. The molecule has 0 radical (unpaired) electrons. The molecule has 3 aromatic rings. The summed E-state index contributed by atoms with van der Waals surface area (Å²) in [5, 5.41) is 0. The van der Waals surface area contributed by atoms with Crippen LogP contribution in [0.2, 0.25) is 0 Å². The second kappa shape index (κ2) is 9.70. The Bertz CT molecular complexity index is 1010. The van der Waals surface area contributed by atoms with Gasteiger partial charge in [-0.05, 0) is 31.9 Å². The third kappa shape index (κ3) is 5.45. The molecule has 2 aromatic heterocycles. The van der Waals surface area contributed by atoms with Crippen LogP contribution in [-0.4, -0.2) is 36.5 Å². The first kappa shape index (κ1) is 22.4. The van der Waals surface area contributed by atoms with Crippen molar-refractivity contribution in [2.24, 2.45) is 0 Å². The molecule has 0 atom stereocenters. The summed E-state index contributed by atoms with van der Waals surface area (Å²) in [5.41, 5.74) is 4.64. The van der Waals surface area contributed by atoms with E-state index in [9.17, 15) is 17.3 Å². The van der Waals surface area contributed by atoms with Crippen molar-refractivity contribution in [2.75, 3.05) is 20.3 Å². The van der Waals surface area contributed by atoms with Crippen molar-refractivity contribution in [3.8, 4) is 11.7 Å². The molecular weight excluding hydrogens is 421 g/mol. The predicted octanol–water partition coefficient (Wildman–Crippen LogP) is 4.74. The molecule has 30 heavy (non-hydrogen) atoms. The maximum Gasteiger partial charge on any atom is 0.673 e. The molecular formula is C19H22BF4N3O2S. The second-order valence-corrected chi connectivity index (χ2v) is 7.55. The number of unbranched alkanes of at least 4 members (excludes halogenated alkanes) is 1. The summed E-state index contributed by atoms with van der Waals surface area (Å²) in [5.74, 6) is 2.83. The van der Waals surface area contributed by atoms with Crippen LogP contribution in [0.4, 0.5) is 17.3 Å². The molecule has 0 unspecified atom stereocenters. The largest absolute Gasteiger partial charge is 0.673 e. The van der Waals surface area contributed by atoms with Gasteiger partial charge >= 0.3 is 13.2 Å². The van der Waals surface area contributed by atoms with Crippen molar-refractivity contribution in [3.63, 3.8) is 0 Å². The quantitative estimate of drug-likeness (QED) is 0.239. The number of aromatic nitrogens is 3. The van der Waals surface area contributed by atoms with Gasteiger partial charge < -0.3 is 26.7 Å². The van der Waals surface area contributed by atoms with Crippen molar-refractivity contribution >= 4 is 30.2 Å². The molecule has 0 N–H and O–H groups in total. The minimum Gasteiger partial charge on any atom is -0.493 e. The number of benzene rings is 1. The number of methoxy groups -OCH3 is 1. The highest BCUT2D eigenvalue weighted by molar-refractivity contribution is 7.97. The van der Waals surface area contributed by atoms with Crippen LogP contribution >= 0.6 is 11.9 Å². The third-order valence-electron chi connectivity index (χ3n) is 4.52. The predicted molar refractivity (Wildman–Crippen MR) is 109 cm³/mol. The van der Waals surface area contributed by atoms with Gasteiger partial charge in [-0.1, -0.05) is 17.1 Å². The molecule has 162 valence electrons. The number of rotatable bonds is 6. The van der Waals surface area contributed by atoms with Crippen LogP contribution in [0.3, 0.4) is 0 Å². The number of imidazole rings is 1. The topological polar surface area (TPSA) is 40.2 Å². The fourth-order valence-electron chi connectivity index (χ4n) is 3.13. The SMILES string of the molecule is COCCCCOc1cc[n+]2c(c1C)CSn1c-2nc2ccccc21.F[B-](F)(F)F. The standard InChI is InChI=1S/C19H22N3O2S.BF4/c1-14-17-13-25-22-16-8-4-3-7-15(16)20-19(22)21(17)10-9-18(14)24-12-6-5-11-23-2;2-1(3,4)5/h3-4,7-10H,5-6,11-13H2,1-2H3;/q+1;-1. The lowest BCUT2D eigenvalue weighted by atomic mass is 10.2. The fraction of sp³-hybridized carbons (Fsp3) is 0.368. The Morgan fingerprint density at radius 2 is 1.83 bits per heavy atom. The van der Waals surface area contributed by atoms with Crippen LogP contribution in [0, 0.1) is 6.92 Å². The molecule has 1 aliphatic rings. The lowest BCUT2D eigenvalue weighted by Gasteiger charge is -2.17. The average Bonchev–Trinajstić information content (AvgIpc) is 3.07. The monoisotopic (exact) mass is 443 g/mol. The number of nitrogens with zero attached hydrogens (tertiary/aromatic N) is 3. The fourth-order valence-corrected chi connectivity index (χ4v) is 4.27. The molecule has 0 fully saturated rings. The van der Waals surface area contributed by atoms with Crippen LogP contribution in [0.1, 0.15) is 24.1 Å². The maximum absolute atomic E-state index is 9.75. The first-order valence-corrected chi connectivity index (χ1v) is 10.4. The van der Waals surface area contributed by atoms with E-state index in [1.165, 1.54) is 11.3 Å². The molecule has 0 spiro atoms. The van der Waals surface area contributed by atoms with E-state index in [2.05, 4.69) is 45.9 Å². The van der Waals surface area contributed by atoms with Crippen molar-refractivity contribution in [1.82, 2.24) is 8.96 Å². The number of hydrogen-bond donors (Lipinski definition) is 0. The van der Waals surface area contributed by atoms with Gasteiger partial charge in [0.15, 0.2) is 11.0 Å². The lowest BCUT2D eigenvalue weighted by molar-refractivity contribution is -0.612. The summed E-state index contributed by atoms with van der Waals surface area (Å²) >= 11 is 1.79. The Labute approximate surface area is 176 Å². The van der Waals surface area contributed by atoms with Gasteiger partial charge in [-0.15, -0.1) is 0 Å². The Hall–Kier alpha value is -2.27. The summed E-state index contributed by atoms with van der Waals surface area (Å²) < 4.78 is 54.5. The third-order valence-corrected chi connectivity index (χ3v) is 5.54. The van der Waals surface area contributed by atoms with E-state index in [4.69, 9.17) is 14.5 Å². The zero-order chi connectivity index (χ0) is 21.7. The van der Waals surface area contributed by atoms with Crippen LogP contribution in [-0.2, 0) is 10.5 Å². The molecule has 0 aliphatic carbocycles. The van der Waals surface area contributed by atoms with Gasteiger partial charge in [-0.2, -0.15) is 3.97 Å². The number of para-hydroxylation sites is 2. The zero-order valence-electron chi connectivity index (χ0n) is 16.7. The number of hydrogen-bond acceptors (Lipinski definition) is 4. The highest BCUT2D eigenvalue weighted by Gasteiger charge is 2.30. The number of halogens is 4. The van der Waals surface area contributed by atoms with Crippen molar-refractivity contribution in [2.45, 2.75) is 25.5 Å². The minimum atomic E-state index is -6.00. The molecule has 0 amide bonds. The highest BCUT2D eigenvalue weighted by Crippen LogP contribution is 2.31. The first-order chi connectivity index (χ1) is 14.3. The van der Waals surface area contributed by atoms with Crippen LogP contribution in [0.15, 0.2) is 36.5 Å². The molecule has 0 saturated carbocycles. The van der Waals surface area contributed by atoms with Gasteiger partial charge in [0.2, 0.25) is 0 Å². The van der Waals surface area contributed by atoms with Gasteiger partial charge in [0.25, 0.3) is 0 Å². The van der Waals surface area contributed by atoms with E-state index < -0.39 is 7.25 Å². The molecule has 1 aliphatic heterocycles. The van der Waals surface area contributed by atoms with E-state index in [-0.39, 0.29) is 0 Å². The van der Waals surface area contributed by atoms with E-state index >= 15 is 0 Å². The molecule has 0 bridgehead atoms. The van der Waals surface area contributed by atoms with Gasteiger partial charge in [0.05, 0.1) is 18.6 Å². The van der Waals surface area contributed by atoms with Gasteiger partial charge in [-0.25, -0.2) is 4.57 Å². The van der Waals surface area contributed by atoms with E-state index in [1.54, 1.807) is 19.1 Å². The first-order valence-electron chi connectivity index (χ1n) is 9.44. The Kier molecular flexibility index (Phi) is 7.25. The van der Waals surface area contributed by atoms with Crippen LogP contribution in [0.5, 0.6) is 5.75 Å². The Morgan fingerprint density at radius 1 is 1.13 bits per heavy atom. The maximum atomic E-state index is 9.75. The number of fused-ring (bicyclic) bond motifs is 5. The molecule has 4 rings (SSSR count). The van der Waals surface area contributed by atoms with Crippen LogP contribution in [0.25, 0.3) is 17.0 Å². The average molecular weight is 443 g/mol. The Morgan fingerprint density at radius 3 is 2.57 bits per heavy atom. The second-order valence-electron chi connectivity index (χ2n) is 6.63. The van der Waals surface area contributed by atoms with E-state index in [0.29, 0.717) is 0 Å². The summed E-state index contributed by atoms with van der Waals surface area (Å²) in [7, 11) is -4.27. The van der Waals surface area contributed by atoms with E-state index in [1.807, 2.05) is 6.07 Å². The van der Waals surface area contributed by atoms with Crippen molar-refractivity contribution in [1.29, 1.82) is 0 Å². The molecule has 0 saturated heterocycles. The summed E-state index contributed by atoms with van der Waals surface area (Å²) in [6.45, 7) is 3.64. The number of pyridine rings is 1. The molecule has 11 heteroatoms. The highest BCUT2D eigenvalue weighted by atomic mass is 32.2. The van der Waals surface area contributed by atoms with Crippen LogP contribution < -0.4 is 9.30 Å². The zero-order valence-corrected chi connectivity index (χ0v) is 17.5. The van der Waals surface area contributed by atoms with Gasteiger partial charge in [0, 0.05) is 37.3 Å².